The van der Waals surface area contributed by atoms with Crippen molar-refractivity contribution in [1.29, 1.82) is 0 Å². The molecule has 0 saturated heterocycles. The third-order valence-electron chi connectivity index (χ3n) is 2.53. The summed E-state index contributed by atoms with van der Waals surface area (Å²) in [6.07, 6.45) is 3.01. The minimum Gasteiger partial charge on any atom is -0.382 e. The monoisotopic (exact) mass is 299 g/mol. The molecule has 0 bridgehead atoms. The van der Waals surface area contributed by atoms with E-state index in [1.54, 1.807) is 4.57 Å². The van der Waals surface area contributed by atoms with Crippen molar-refractivity contribution in [2.24, 2.45) is 0 Å². The molecule has 108 valence electrons. The van der Waals surface area contributed by atoms with Crippen LogP contribution >= 0.6 is 7.60 Å². The number of nitrogen functional groups attached to an aromatic ring is 1. The number of nitrogens with zero attached hydrogens (tertiary/aromatic N) is 4. The molecule has 0 aliphatic carbocycles. The van der Waals surface area contributed by atoms with Gasteiger partial charge in [0.15, 0.2) is 11.5 Å². The number of ether oxygens (including phenoxy) is 1. The predicted octanol–water partition coefficient (Wildman–Crippen LogP) is 0.115. The van der Waals surface area contributed by atoms with Crippen LogP contribution < -0.4 is 5.73 Å². The SMILES string of the molecule is C=C[C@H](Cn1cnc2c(N)ncnc21)OCP(=O)(O)O. The molecule has 0 saturated carbocycles. The highest BCUT2D eigenvalue weighted by Crippen LogP contribution is 2.34. The Kier molecular flexibility index (Phi) is 4.15. The number of imidazole rings is 1. The molecule has 1 atom stereocenters. The first-order chi connectivity index (χ1) is 9.40. The quantitative estimate of drug-likeness (QED) is 0.505. The van der Waals surface area contributed by atoms with E-state index in [0.29, 0.717) is 11.2 Å². The van der Waals surface area contributed by atoms with Gasteiger partial charge in [0.2, 0.25) is 0 Å². The van der Waals surface area contributed by atoms with Crippen LogP contribution in [-0.4, -0.2) is 41.8 Å². The Morgan fingerprint density at radius 2 is 2.25 bits per heavy atom. The minimum absolute atomic E-state index is 0.260. The molecule has 0 aliphatic heterocycles. The fraction of sp³-hybridized carbons (Fsp3) is 0.300. The highest BCUT2D eigenvalue weighted by Gasteiger charge is 2.17. The van der Waals surface area contributed by atoms with Crippen LogP contribution in [-0.2, 0) is 15.8 Å². The molecule has 10 heteroatoms. The van der Waals surface area contributed by atoms with Crippen LogP contribution in [0.4, 0.5) is 5.82 Å². The molecular weight excluding hydrogens is 285 g/mol. The second-order valence-corrected chi connectivity index (χ2v) is 5.65. The summed E-state index contributed by atoms with van der Waals surface area (Å²) >= 11 is 0. The number of hydrogen-bond donors (Lipinski definition) is 3. The lowest BCUT2D eigenvalue weighted by atomic mass is 10.3. The van der Waals surface area contributed by atoms with E-state index in [2.05, 4.69) is 21.5 Å². The molecule has 9 nitrogen and oxygen atoms in total. The van der Waals surface area contributed by atoms with Crippen molar-refractivity contribution in [3.05, 3.63) is 25.3 Å². The van der Waals surface area contributed by atoms with E-state index in [0.717, 1.165) is 0 Å². The van der Waals surface area contributed by atoms with E-state index in [9.17, 15) is 4.57 Å². The Morgan fingerprint density at radius 1 is 1.50 bits per heavy atom. The molecule has 0 fully saturated rings. The number of nitrogens with two attached hydrogens (primary N) is 1. The van der Waals surface area contributed by atoms with Gasteiger partial charge in [0.1, 0.15) is 18.2 Å². The molecule has 2 heterocycles. The van der Waals surface area contributed by atoms with Crippen molar-refractivity contribution < 1.29 is 19.1 Å². The lowest BCUT2D eigenvalue weighted by Gasteiger charge is -2.15. The van der Waals surface area contributed by atoms with Crippen molar-refractivity contribution in [3.63, 3.8) is 0 Å². The van der Waals surface area contributed by atoms with Gasteiger partial charge in [0, 0.05) is 0 Å². The molecule has 2 aromatic heterocycles. The fourth-order valence-corrected chi connectivity index (χ4v) is 2.00. The highest BCUT2D eigenvalue weighted by molar-refractivity contribution is 7.51. The number of aromatic nitrogens is 4. The second kappa shape index (κ2) is 5.68. The molecule has 4 N–H and O–H groups in total. The Bertz CT molecular complexity index is 667. The van der Waals surface area contributed by atoms with Crippen LogP contribution in [0.3, 0.4) is 0 Å². The predicted molar refractivity (Wildman–Crippen MR) is 71.7 cm³/mol. The number of fused-ring (bicyclic) bond motifs is 1. The number of anilines is 1. The number of hydrogen-bond acceptors (Lipinski definition) is 6. The average Bonchev–Trinajstić information content (AvgIpc) is 2.78. The Balaban J connectivity index is 2.16. The third-order valence-corrected chi connectivity index (χ3v) is 3.01. The summed E-state index contributed by atoms with van der Waals surface area (Å²) in [7, 11) is -4.22. The minimum atomic E-state index is -4.22. The van der Waals surface area contributed by atoms with Crippen LogP contribution in [0.2, 0.25) is 0 Å². The molecule has 2 aromatic rings. The zero-order valence-electron chi connectivity index (χ0n) is 10.5. The summed E-state index contributed by atoms with van der Waals surface area (Å²) in [5, 5.41) is 0. The molecule has 0 amide bonds. The van der Waals surface area contributed by atoms with Crippen molar-refractivity contribution in [1.82, 2.24) is 19.5 Å². The van der Waals surface area contributed by atoms with Crippen LogP contribution in [0, 0.1) is 0 Å². The third kappa shape index (κ3) is 3.40. The summed E-state index contributed by atoms with van der Waals surface area (Å²) < 4.78 is 17.5. The fourth-order valence-electron chi connectivity index (χ4n) is 1.61. The van der Waals surface area contributed by atoms with Gasteiger partial charge in [-0.1, -0.05) is 6.08 Å². The maximum absolute atomic E-state index is 10.8. The van der Waals surface area contributed by atoms with E-state index >= 15 is 0 Å². The van der Waals surface area contributed by atoms with Crippen molar-refractivity contribution >= 4 is 24.6 Å². The molecule has 0 aromatic carbocycles. The smallest absolute Gasteiger partial charge is 0.351 e. The van der Waals surface area contributed by atoms with Gasteiger partial charge in [0.05, 0.1) is 19.0 Å². The van der Waals surface area contributed by atoms with Crippen LogP contribution in [0.5, 0.6) is 0 Å². The normalized spacial score (nSPS) is 13.5. The molecule has 0 spiro atoms. The first-order valence-corrected chi connectivity index (χ1v) is 7.40. The van der Waals surface area contributed by atoms with Gasteiger partial charge in [-0.15, -0.1) is 6.58 Å². The Morgan fingerprint density at radius 3 is 2.90 bits per heavy atom. The molecule has 2 rings (SSSR count). The molecule has 20 heavy (non-hydrogen) atoms. The lowest BCUT2D eigenvalue weighted by molar-refractivity contribution is 0.0965. The van der Waals surface area contributed by atoms with Crippen molar-refractivity contribution in [2.75, 3.05) is 12.1 Å². The van der Waals surface area contributed by atoms with Crippen molar-refractivity contribution in [3.8, 4) is 0 Å². The first-order valence-electron chi connectivity index (χ1n) is 5.61. The van der Waals surface area contributed by atoms with Gasteiger partial charge < -0.3 is 24.8 Å². The summed E-state index contributed by atoms with van der Waals surface area (Å²) in [6.45, 7) is 3.83. The topological polar surface area (TPSA) is 136 Å². The zero-order chi connectivity index (χ0) is 14.8. The number of rotatable bonds is 6. The molecule has 0 aliphatic rings. The Labute approximate surface area is 114 Å². The largest absolute Gasteiger partial charge is 0.382 e. The Hall–Kier alpha value is -1.80. The first kappa shape index (κ1) is 14.6. The van der Waals surface area contributed by atoms with Gasteiger partial charge in [-0.25, -0.2) is 15.0 Å². The summed E-state index contributed by atoms with van der Waals surface area (Å²) in [5.41, 5.74) is 6.65. The van der Waals surface area contributed by atoms with E-state index in [1.807, 2.05) is 0 Å². The lowest BCUT2D eigenvalue weighted by Crippen LogP contribution is -2.18. The van der Waals surface area contributed by atoms with Gasteiger partial charge in [-0.05, 0) is 0 Å². The summed E-state index contributed by atoms with van der Waals surface area (Å²) in [4.78, 5) is 29.6. The van der Waals surface area contributed by atoms with Gasteiger partial charge in [-0.2, -0.15) is 0 Å². The molecule has 0 radical (unpaired) electrons. The van der Waals surface area contributed by atoms with E-state index < -0.39 is 20.0 Å². The van der Waals surface area contributed by atoms with E-state index in [4.69, 9.17) is 20.3 Å². The van der Waals surface area contributed by atoms with Crippen LogP contribution in [0.25, 0.3) is 11.2 Å². The van der Waals surface area contributed by atoms with Crippen molar-refractivity contribution in [2.45, 2.75) is 12.6 Å². The molecule has 0 unspecified atom stereocenters. The summed E-state index contributed by atoms with van der Waals surface area (Å²) in [6, 6.07) is 0. The standard InChI is InChI=1S/C10H14N5O4P/c1-2-7(19-6-20(16,17)18)3-15-5-14-8-9(11)12-4-13-10(8)15/h2,4-5,7H,1,3,6H2,(H2,11,12,13)(H2,16,17,18)/t7-/m1/s1. The molecular formula is C10H14N5O4P. The average molecular weight is 299 g/mol. The zero-order valence-corrected chi connectivity index (χ0v) is 11.3. The summed E-state index contributed by atoms with van der Waals surface area (Å²) in [5.74, 6) is 0.264. The maximum atomic E-state index is 10.8. The van der Waals surface area contributed by atoms with Gasteiger partial charge in [-0.3, -0.25) is 4.57 Å². The van der Waals surface area contributed by atoms with Gasteiger partial charge >= 0.3 is 7.60 Å². The van der Waals surface area contributed by atoms with E-state index in [-0.39, 0.29) is 12.4 Å². The second-order valence-electron chi connectivity index (χ2n) is 4.06. The van der Waals surface area contributed by atoms with Crippen LogP contribution in [0.15, 0.2) is 25.3 Å². The van der Waals surface area contributed by atoms with Crippen LogP contribution in [0.1, 0.15) is 0 Å². The highest BCUT2D eigenvalue weighted by atomic mass is 31.2. The van der Waals surface area contributed by atoms with Gasteiger partial charge in [0.25, 0.3) is 0 Å². The maximum Gasteiger partial charge on any atom is 0.351 e. The van der Waals surface area contributed by atoms with E-state index in [1.165, 1.54) is 18.7 Å².